The smallest absolute Gasteiger partial charge is 0.748 e. The van der Waals surface area contributed by atoms with Crippen LogP contribution in [0.2, 0.25) is 0 Å². The fraction of sp³-hybridized carbons (Fsp3) is 0.962. The van der Waals surface area contributed by atoms with Crippen LogP contribution in [0.1, 0.15) is 85.0 Å². The first-order chi connectivity index (χ1) is 17.5. The van der Waals surface area contributed by atoms with Gasteiger partial charge in [0.05, 0.1) is 28.1 Å². The molecular weight excluding hydrogens is 580 g/mol. The van der Waals surface area contributed by atoms with Gasteiger partial charge in [-0.1, -0.05) is 20.8 Å². The number of amides is 1. The van der Waals surface area contributed by atoms with Gasteiger partial charge in [-0.25, -0.2) is 16.8 Å². The fourth-order valence-electron chi connectivity index (χ4n) is 9.36. The number of aliphatic hydroxyl groups excluding tert-OH is 1. The molecule has 1 amide bonds. The maximum atomic E-state index is 12.2. The number of aliphatic hydroxyl groups is 1. The van der Waals surface area contributed by atoms with Crippen LogP contribution in [0.5, 0.6) is 0 Å². The second-order valence-electron chi connectivity index (χ2n) is 13.1. The molecule has 4 aliphatic rings. The molecule has 0 saturated heterocycles. The predicted octanol–water partition coefficient (Wildman–Crippen LogP) is -3.45. The number of nitrogens with one attached hydrogen (secondary N) is 1. The van der Waals surface area contributed by atoms with Crippen molar-refractivity contribution in [3.63, 3.8) is 0 Å². The van der Waals surface area contributed by atoms with Gasteiger partial charge in [0.25, 0.3) is 0 Å². The molecule has 14 heteroatoms. The monoisotopic (exact) mass is 623 g/mol. The van der Waals surface area contributed by atoms with Crippen LogP contribution in [0, 0.1) is 46.3 Å². The van der Waals surface area contributed by atoms with Gasteiger partial charge in [-0.2, -0.15) is 0 Å². The van der Waals surface area contributed by atoms with Crippen LogP contribution >= 0.6 is 0 Å². The first kappa shape index (κ1) is 37.4. The Morgan fingerprint density at radius 2 is 1.62 bits per heavy atom. The third-order valence-corrected chi connectivity index (χ3v) is 12.3. The van der Waals surface area contributed by atoms with Gasteiger partial charge in [-0.05, 0) is 104 Å². The second-order valence-corrected chi connectivity index (χ2v) is 15.6. The minimum absolute atomic E-state index is 0. The molecule has 220 valence electrons. The average Bonchev–Trinajstić information content (AvgIpc) is 3.14. The van der Waals surface area contributed by atoms with Gasteiger partial charge >= 0.3 is 59.1 Å². The Morgan fingerprint density at radius 1 is 1.00 bits per heavy atom. The van der Waals surface area contributed by atoms with E-state index in [4.69, 9.17) is 4.18 Å². The van der Waals surface area contributed by atoms with Crippen LogP contribution in [-0.4, -0.2) is 61.5 Å². The van der Waals surface area contributed by atoms with Crippen LogP contribution in [0.3, 0.4) is 0 Å². The van der Waals surface area contributed by atoms with Crippen molar-refractivity contribution in [1.82, 2.24) is 5.32 Å². The van der Waals surface area contributed by atoms with Gasteiger partial charge in [0, 0.05) is 13.0 Å². The Kier molecular flexibility index (Phi) is 13.2. The first-order valence-corrected chi connectivity index (χ1v) is 17.0. The normalized spacial score (nSPS) is 39.9. The van der Waals surface area contributed by atoms with E-state index in [1.807, 2.05) is 0 Å². The van der Waals surface area contributed by atoms with E-state index in [1.165, 1.54) is 0 Å². The van der Waals surface area contributed by atoms with Crippen LogP contribution < -0.4 is 64.4 Å². The number of hydrogen-bond donors (Lipinski definition) is 2. The molecule has 2 N–H and O–H groups in total. The predicted molar refractivity (Wildman–Crippen MR) is 137 cm³/mol. The molecule has 0 aromatic rings. The van der Waals surface area contributed by atoms with Crippen molar-refractivity contribution in [2.45, 2.75) is 97.2 Å². The molecule has 4 saturated carbocycles. The molecule has 4 fully saturated rings. The summed E-state index contributed by atoms with van der Waals surface area (Å²) in [7, 11) is -9.24. The number of fused-ring (bicyclic) bond motifs is 5. The summed E-state index contributed by atoms with van der Waals surface area (Å²) in [5.74, 6) is 0.167. The number of carbonyl (C=O) groups is 1. The Balaban J connectivity index is 0.00000280. The van der Waals surface area contributed by atoms with Crippen LogP contribution in [0.4, 0.5) is 0 Å². The van der Waals surface area contributed by atoms with E-state index < -0.39 is 38.5 Å². The molecule has 4 rings (SSSR count). The molecule has 0 heterocycles. The molecule has 10 unspecified atom stereocenters. The SMILES string of the molecule is CC(CCC(=O)NCCS(=O)(=O)[O-])C1CCC2C3C(OS(=O)(=O)[O-])CC4CC(O)CCC4(C)C3CCC12C.[Na+].[Na+]. The zero-order valence-electron chi connectivity index (χ0n) is 24.6. The minimum Gasteiger partial charge on any atom is -0.748 e. The zero-order valence-corrected chi connectivity index (χ0v) is 30.3. The molecule has 4 aliphatic carbocycles. The Morgan fingerprint density at radius 3 is 2.25 bits per heavy atom. The molecular formula is C26H43NNa2O9S2. The van der Waals surface area contributed by atoms with Crippen molar-refractivity contribution < 1.29 is 99.1 Å². The van der Waals surface area contributed by atoms with E-state index in [9.17, 15) is 35.8 Å². The van der Waals surface area contributed by atoms with Gasteiger partial charge < -0.3 is 19.5 Å². The quantitative estimate of drug-likeness (QED) is 0.150. The summed E-state index contributed by atoms with van der Waals surface area (Å²) in [6.45, 7) is 6.52. The largest absolute Gasteiger partial charge is 1.00 e. The zero-order chi connectivity index (χ0) is 28.1. The van der Waals surface area contributed by atoms with Gasteiger partial charge in [0.1, 0.15) is 0 Å². The van der Waals surface area contributed by atoms with Crippen LogP contribution in [-0.2, 0) is 29.5 Å². The molecule has 10 nitrogen and oxygen atoms in total. The topological polar surface area (TPSA) is 173 Å². The molecule has 0 spiro atoms. The van der Waals surface area contributed by atoms with E-state index in [0.29, 0.717) is 25.2 Å². The van der Waals surface area contributed by atoms with E-state index in [1.54, 1.807) is 0 Å². The maximum absolute atomic E-state index is 12.2. The molecule has 40 heavy (non-hydrogen) atoms. The van der Waals surface area contributed by atoms with E-state index in [-0.39, 0.29) is 118 Å². The summed E-state index contributed by atoms with van der Waals surface area (Å²) in [5.41, 5.74) is -0.0869. The van der Waals surface area contributed by atoms with Crippen molar-refractivity contribution in [3.8, 4) is 0 Å². The van der Waals surface area contributed by atoms with Crippen LogP contribution in [0.15, 0.2) is 0 Å². The van der Waals surface area contributed by atoms with Crippen LogP contribution in [0.25, 0.3) is 0 Å². The summed E-state index contributed by atoms with van der Waals surface area (Å²) in [6.07, 6.45) is 6.31. The van der Waals surface area contributed by atoms with Crippen molar-refractivity contribution in [2.24, 2.45) is 46.3 Å². The Bertz CT molecular complexity index is 1110. The molecule has 10 atom stereocenters. The van der Waals surface area contributed by atoms with Crippen molar-refractivity contribution in [3.05, 3.63) is 0 Å². The summed E-state index contributed by atoms with van der Waals surface area (Å²) >= 11 is 0. The Hall–Kier alpha value is 1.21. The second kappa shape index (κ2) is 14.1. The summed E-state index contributed by atoms with van der Waals surface area (Å²) in [6, 6.07) is 0. The van der Waals surface area contributed by atoms with Gasteiger partial charge in [-0.3, -0.25) is 8.98 Å². The molecule has 0 aromatic carbocycles. The minimum atomic E-state index is -4.87. The fourth-order valence-corrected chi connectivity index (χ4v) is 10.2. The summed E-state index contributed by atoms with van der Waals surface area (Å²) in [5, 5.41) is 12.9. The van der Waals surface area contributed by atoms with Gasteiger partial charge in [-0.15, -0.1) is 0 Å². The van der Waals surface area contributed by atoms with E-state index in [0.717, 1.165) is 38.5 Å². The summed E-state index contributed by atoms with van der Waals surface area (Å²) < 4.78 is 72.9. The molecule has 0 radical (unpaired) electrons. The average molecular weight is 624 g/mol. The summed E-state index contributed by atoms with van der Waals surface area (Å²) in [4.78, 5) is 12.2. The Labute approximate surface area is 284 Å². The van der Waals surface area contributed by atoms with E-state index in [2.05, 4.69) is 26.1 Å². The molecule has 0 aliphatic heterocycles. The molecule has 0 aromatic heterocycles. The first-order valence-electron chi connectivity index (χ1n) is 14.1. The van der Waals surface area contributed by atoms with Crippen molar-refractivity contribution in [2.75, 3.05) is 12.3 Å². The third kappa shape index (κ3) is 8.27. The third-order valence-electron chi connectivity index (χ3n) is 11.1. The maximum Gasteiger partial charge on any atom is 1.00 e. The van der Waals surface area contributed by atoms with E-state index >= 15 is 0 Å². The van der Waals surface area contributed by atoms with Crippen molar-refractivity contribution in [1.29, 1.82) is 0 Å². The number of hydrogen-bond acceptors (Lipinski definition) is 9. The van der Waals surface area contributed by atoms with Crippen molar-refractivity contribution >= 4 is 26.4 Å². The van der Waals surface area contributed by atoms with Gasteiger partial charge in [0.2, 0.25) is 16.3 Å². The standard InChI is InChI=1S/C26H45NO9S2.2Na/c1-16(4-7-23(29)27-12-13-37(30,31)32)19-5-6-20-24-21(9-11-26(19,20)3)25(2)10-8-18(28)14-17(25)15-22(24)36-38(33,34)35;;/h16-22,24,28H,4-15H2,1-3H3,(H,27,29)(H,30,31,32)(H,33,34,35);;/q;2*+1/p-2. The van der Waals surface area contributed by atoms with Gasteiger partial charge in [0.15, 0.2) is 0 Å². The number of rotatable bonds is 9. The molecule has 0 bridgehead atoms. The number of carbonyl (C=O) groups excluding carboxylic acids is 1.